The lowest BCUT2D eigenvalue weighted by Crippen LogP contribution is -2.50. The van der Waals surface area contributed by atoms with Gasteiger partial charge in [0.15, 0.2) is 0 Å². The third kappa shape index (κ3) is 2.80. The molecule has 3 fully saturated rings. The molecule has 7 heteroatoms. The molecule has 132 valence electrons. The molecule has 3 aliphatic heterocycles. The molecule has 4 heterocycles. The summed E-state index contributed by atoms with van der Waals surface area (Å²) in [6.45, 7) is 9.63. The van der Waals surface area contributed by atoms with E-state index in [1.165, 1.54) is 5.56 Å². The minimum absolute atomic E-state index is 0.116. The van der Waals surface area contributed by atoms with Crippen molar-refractivity contribution in [1.29, 1.82) is 0 Å². The summed E-state index contributed by atoms with van der Waals surface area (Å²) in [7, 11) is 0. The molecular weight excluding hydrogens is 308 g/mol. The summed E-state index contributed by atoms with van der Waals surface area (Å²) < 4.78 is 11.3. The van der Waals surface area contributed by atoms with Crippen molar-refractivity contribution in [3.05, 3.63) is 17.0 Å². The Labute approximate surface area is 142 Å². The Morgan fingerprint density at radius 2 is 1.96 bits per heavy atom. The maximum Gasteiger partial charge on any atom is 0.320 e. The van der Waals surface area contributed by atoms with Gasteiger partial charge in [-0.05, 0) is 26.7 Å². The number of carbonyl (C=O) groups excluding carboxylic acids is 1. The van der Waals surface area contributed by atoms with Crippen LogP contribution in [0.5, 0.6) is 0 Å². The molecule has 0 spiro atoms. The van der Waals surface area contributed by atoms with Crippen LogP contribution >= 0.6 is 0 Å². The van der Waals surface area contributed by atoms with Crippen LogP contribution in [0.1, 0.15) is 29.9 Å². The van der Waals surface area contributed by atoms with Gasteiger partial charge in [-0.3, -0.25) is 4.90 Å². The highest BCUT2D eigenvalue weighted by Gasteiger charge is 2.43. The molecule has 2 atom stereocenters. The Morgan fingerprint density at radius 3 is 2.67 bits per heavy atom. The lowest BCUT2D eigenvalue weighted by Gasteiger charge is -2.36. The van der Waals surface area contributed by atoms with Crippen LogP contribution in [0.3, 0.4) is 0 Å². The van der Waals surface area contributed by atoms with E-state index < -0.39 is 0 Å². The van der Waals surface area contributed by atoms with Crippen molar-refractivity contribution in [2.24, 2.45) is 0 Å². The monoisotopic (exact) mass is 334 g/mol. The van der Waals surface area contributed by atoms with E-state index >= 15 is 0 Å². The molecular formula is C17H26N4O3. The highest BCUT2D eigenvalue weighted by atomic mass is 16.5. The number of likely N-dealkylation sites (tertiary alicyclic amines) is 2. The highest BCUT2D eigenvalue weighted by molar-refractivity contribution is 5.75. The van der Waals surface area contributed by atoms with Crippen molar-refractivity contribution in [3.63, 3.8) is 0 Å². The van der Waals surface area contributed by atoms with Crippen LogP contribution in [0.15, 0.2) is 4.52 Å². The van der Waals surface area contributed by atoms with Crippen LogP contribution in [-0.4, -0.2) is 77.4 Å². The predicted octanol–water partition coefficient (Wildman–Crippen LogP) is 1.39. The fraction of sp³-hybridized carbons (Fsp3) is 0.765. The molecule has 0 bridgehead atoms. The van der Waals surface area contributed by atoms with Crippen molar-refractivity contribution in [3.8, 4) is 0 Å². The van der Waals surface area contributed by atoms with Gasteiger partial charge in [-0.15, -0.1) is 0 Å². The number of urea groups is 1. The number of rotatable bonds is 2. The number of aryl methyl sites for hydroxylation is 2. The fourth-order valence-corrected chi connectivity index (χ4v) is 4.15. The standard InChI is InChI=1S/C17H26N4O3/c1-12-14(13(2)24-18-12)9-20-7-8-23-16-11-21(10-15(16)20)17(22)19-5-3-4-6-19/h15-16H,3-11H2,1-2H3/t15-,16+/m0/s1. The fourth-order valence-electron chi connectivity index (χ4n) is 4.15. The Balaban J connectivity index is 1.45. The van der Waals surface area contributed by atoms with E-state index in [4.69, 9.17) is 9.26 Å². The normalized spacial score (nSPS) is 27.8. The lowest BCUT2D eigenvalue weighted by atomic mass is 10.1. The number of amides is 2. The van der Waals surface area contributed by atoms with E-state index in [2.05, 4.69) is 10.1 Å². The molecule has 3 aliphatic rings. The van der Waals surface area contributed by atoms with Crippen molar-refractivity contribution in [2.45, 2.75) is 45.4 Å². The number of ether oxygens (including phenoxy) is 1. The zero-order valence-electron chi connectivity index (χ0n) is 14.5. The van der Waals surface area contributed by atoms with Gasteiger partial charge in [-0.2, -0.15) is 0 Å². The second-order valence-electron chi connectivity index (χ2n) is 7.13. The quantitative estimate of drug-likeness (QED) is 0.818. The Kier molecular flexibility index (Phi) is 4.22. The molecule has 1 aromatic rings. The lowest BCUT2D eigenvalue weighted by molar-refractivity contribution is -0.0505. The van der Waals surface area contributed by atoms with Gasteiger partial charge >= 0.3 is 6.03 Å². The summed E-state index contributed by atoms with van der Waals surface area (Å²) in [5, 5.41) is 4.06. The van der Waals surface area contributed by atoms with Gasteiger partial charge in [0, 0.05) is 38.3 Å². The van der Waals surface area contributed by atoms with Gasteiger partial charge in [0.25, 0.3) is 0 Å². The first-order valence-electron chi connectivity index (χ1n) is 8.94. The zero-order chi connectivity index (χ0) is 16.7. The summed E-state index contributed by atoms with van der Waals surface area (Å²) in [4.78, 5) is 19.1. The van der Waals surface area contributed by atoms with Crippen molar-refractivity contribution >= 4 is 6.03 Å². The molecule has 0 aromatic carbocycles. The number of aromatic nitrogens is 1. The molecule has 2 amide bonds. The summed E-state index contributed by atoms with van der Waals surface area (Å²) in [6, 6.07) is 0.446. The van der Waals surface area contributed by atoms with Crippen LogP contribution in [0, 0.1) is 13.8 Å². The van der Waals surface area contributed by atoms with Gasteiger partial charge in [0.05, 0.1) is 31.0 Å². The van der Waals surface area contributed by atoms with E-state index in [1.807, 2.05) is 23.6 Å². The van der Waals surface area contributed by atoms with Crippen LogP contribution in [0.4, 0.5) is 4.79 Å². The third-order valence-corrected chi connectivity index (χ3v) is 5.61. The summed E-state index contributed by atoms with van der Waals surface area (Å²) in [5.41, 5.74) is 2.12. The van der Waals surface area contributed by atoms with Crippen molar-refractivity contribution < 1.29 is 14.1 Å². The Hall–Kier alpha value is -1.60. The average Bonchev–Trinajstić information content (AvgIpc) is 3.30. The smallest absolute Gasteiger partial charge is 0.320 e. The molecule has 0 N–H and O–H groups in total. The highest BCUT2D eigenvalue weighted by Crippen LogP contribution is 2.27. The first-order valence-corrected chi connectivity index (χ1v) is 8.94. The number of morpholine rings is 1. The second kappa shape index (κ2) is 6.37. The number of carbonyl (C=O) groups is 1. The van der Waals surface area contributed by atoms with Crippen molar-refractivity contribution in [1.82, 2.24) is 19.9 Å². The predicted molar refractivity (Wildman–Crippen MR) is 87.7 cm³/mol. The SMILES string of the molecule is Cc1noc(C)c1CN1CCO[C@@H]2CN(C(=O)N3CCCC3)C[C@@H]21. The van der Waals surface area contributed by atoms with E-state index in [0.29, 0.717) is 6.54 Å². The van der Waals surface area contributed by atoms with E-state index in [0.717, 1.165) is 63.6 Å². The topological polar surface area (TPSA) is 62.1 Å². The minimum Gasteiger partial charge on any atom is -0.373 e. The molecule has 24 heavy (non-hydrogen) atoms. The largest absolute Gasteiger partial charge is 0.373 e. The molecule has 3 saturated heterocycles. The number of nitrogens with zero attached hydrogens (tertiary/aromatic N) is 4. The minimum atomic E-state index is 0.116. The summed E-state index contributed by atoms with van der Waals surface area (Å²) in [6.07, 6.45) is 2.37. The molecule has 0 unspecified atom stereocenters. The molecule has 0 radical (unpaired) electrons. The van der Waals surface area contributed by atoms with Crippen molar-refractivity contribution in [2.75, 3.05) is 39.3 Å². The molecule has 1 aromatic heterocycles. The zero-order valence-corrected chi connectivity index (χ0v) is 14.5. The summed E-state index contributed by atoms with van der Waals surface area (Å²) in [5.74, 6) is 0.888. The van der Waals surface area contributed by atoms with Gasteiger partial charge < -0.3 is 19.1 Å². The molecule has 0 saturated carbocycles. The summed E-state index contributed by atoms with van der Waals surface area (Å²) >= 11 is 0. The third-order valence-electron chi connectivity index (χ3n) is 5.61. The van der Waals surface area contributed by atoms with E-state index in [1.54, 1.807) is 0 Å². The van der Waals surface area contributed by atoms with Crippen LogP contribution < -0.4 is 0 Å². The first-order chi connectivity index (χ1) is 11.6. The number of fused-ring (bicyclic) bond motifs is 1. The van der Waals surface area contributed by atoms with Gasteiger partial charge in [-0.1, -0.05) is 5.16 Å². The van der Waals surface area contributed by atoms with Gasteiger partial charge in [0.2, 0.25) is 0 Å². The Bertz CT molecular complexity index is 591. The number of hydrogen-bond acceptors (Lipinski definition) is 5. The maximum atomic E-state index is 12.7. The van der Waals surface area contributed by atoms with Gasteiger partial charge in [-0.25, -0.2) is 4.79 Å². The number of hydrogen-bond donors (Lipinski definition) is 0. The van der Waals surface area contributed by atoms with E-state index in [-0.39, 0.29) is 18.2 Å². The molecule has 7 nitrogen and oxygen atoms in total. The first kappa shape index (κ1) is 15.9. The van der Waals surface area contributed by atoms with Gasteiger partial charge in [0.1, 0.15) is 5.76 Å². The Morgan fingerprint density at radius 1 is 1.17 bits per heavy atom. The van der Waals surface area contributed by atoms with Crippen LogP contribution in [0.25, 0.3) is 0 Å². The van der Waals surface area contributed by atoms with Crippen LogP contribution in [0.2, 0.25) is 0 Å². The molecule has 4 rings (SSSR count). The average molecular weight is 334 g/mol. The van der Waals surface area contributed by atoms with Crippen LogP contribution in [-0.2, 0) is 11.3 Å². The molecule has 0 aliphatic carbocycles. The second-order valence-corrected chi connectivity index (χ2v) is 7.13. The maximum absolute atomic E-state index is 12.7. The van der Waals surface area contributed by atoms with E-state index in [9.17, 15) is 4.79 Å².